The number of ether oxygens (including phenoxy) is 3. The number of hydrogen-bond donors (Lipinski definition) is 1. The normalized spacial score (nSPS) is 39.6. The van der Waals surface area contributed by atoms with Gasteiger partial charge in [-0.2, -0.15) is 0 Å². The fourth-order valence-corrected chi connectivity index (χ4v) is 4.39. The van der Waals surface area contributed by atoms with E-state index in [1.807, 2.05) is 13.8 Å². The van der Waals surface area contributed by atoms with Gasteiger partial charge in [-0.1, -0.05) is 19.9 Å². The predicted octanol–water partition coefficient (Wildman–Crippen LogP) is 1.83. The molecule has 7 nitrogen and oxygen atoms in total. The van der Waals surface area contributed by atoms with E-state index < -0.39 is 35.3 Å². The number of epoxide rings is 1. The molecule has 1 N–H and O–H groups in total. The predicted molar refractivity (Wildman–Crippen MR) is 94.3 cm³/mol. The fraction of sp³-hybridized carbons (Fsp3) is 0.650. The Hall–Kier alpha value is -1.99. The molecule has 0 radical (unpaired) electrons. The van der Waals surface area contributed by atoms with Crippen LogP contribution in [-0.2, 0) is 28.6 Å². The van der Waals surface area contributed by atoms with Gasteiger partial charge in [-0.3, -0.25) is 4.79 Å². The van der Waals surface area contributed by atoms with Gasteiger partial charge in [0, 0.05) is 11.1 Å². The van der Waals surface area contributed by atoms with Crippen LogP contribution >= 0.6 is 0 Å². The van der Waals surface area contributed by atoms with Crippen LogP contribution in [0.2, 0.25) is 0 Å². The standard InChI is InChI=1S/C20H26O7/c1-6-10(2)16(22)25-15(14-12(4)17(23)26-18(14)24)19(5)11(3)7-8-13-20(19,9-21)27-13/h6,9,11,13,15,17,23H,7-8H2,1-5H3/b10-6-/t11-,13+,15+,17?,19-,20+/m0/s1. The Balaban J connectivity index is 2.13. The second kappa shape index (κ2) is 6.56. The molecule has 1 aliphatic carbocycles. The van der Waals surface area contributed by atoms with Gasteiger partial charge in [0.15, 0.2) is 11.9 Å². The van der Waals surface area contributed by atoms with Crippen molar-refractivity contribution in [1.82, 2.24) is 0 Å². The van der Waals surface area contributed by atoms with Crippen LogP contribution in [-0.4, -0.2) is 47.4 Å². The molecule has 7 heteroatoms. The molecule has 0 bridgehead atoms. The Morgan fingerprint density at radius 3 is 2.59 bits per heavy atom. The SMILES string of the molecule is C/C=C(/C)C(=O)O[C@H](C1=C(C)C(O)OC1=O)[C@]1(C)[C@@H](C)CC[C@H]2O[C@]21C=O. The number of fused-ring (bicyclic) bond motifs is 1. The van der Waals surface area contributed by atoms with Crippen LogP contribution in [0.25, 0.3) is 0 Å². The Morgan fingerprint density at radius 2 is 2.07 bits per heavy atom. The summed E-state index contributed by atoms with van der Waals surface area (Å²) in [5, 5.41) is 9.97. The monoisotopic (exact) mass is 378 g/mol. The lowest BCUT2D eigenvalue weighted by Crippen LogP contribution is -2.56. The number of carbonyl (C=O) groups is 3. The van der Waals surface area contributed by atoms with Crippen molar-refractivity contribution in [3.05, 3.63) is 22.8 Å². The Morgan fingerprint density at radius 1 is 1.41 bits per heavy atom. The van der Waals surface area contributed by atoms with Gasteiger partial charge in [-0.05, 0) is 39.5 Å². The molecule has 3 aliphatic rings. The van der Waals surface area contributed by atoms with E-state index in [0.29, 0.717) is 5.57 Å². The van der Waals surface area contributed by atoms with Crippen molar-refractivity contribution in [3.8, 4) is 0 Å². The van der Waals surface area contributed by atoms with Crippen LogP contribution in [0.15, 0.2) is 22.8 Å². The molecular formula is C20H26O7. The summed E-state index contributed by atoms with van der Waals surface area (Å²) in [6, 6.07) is 0. The smallest absolute Gasteiger partial charge is 0.340 e. The van der Waals surface area contributed by atoms with Crippen LogP contribution in [0.4, 0.5) is 0 Å². The van der Waals surface area contributed by atoms with E-state index >= 15 is 0 Å². The zero-order valence-corrected chi connectivity index (χ0v) is 16.3. The summed E-state index contributed by atoms with van der Waals surface area (Å²) in [7, 11) is 0. The molecule has 0 aromatic heterocycles. The van der Waals surface area contributed by atoms with Crippen LogP contribution in [0.1, 0.15) is 47.5 Å². The first kappa shape index (κ1) is 19.8. The maximum absolute atomic E-state index is 12.6. The summed E-state index contributed by atoms with van der Waals surface area (Å²) in [4.78, 5) is 37.1. The van der Waals surface area contributed by atoms with Crippen LogP contribution in [0.5, 0.6) is 0 Å². The van der Waals surface area contributed by atoms with E-state index in [-0.39, 0.29) is 23.2 Å². The average Bonchev–Trinajstić information content (AvgIpc) is 3.33. The van der Waals surface area contributed by atoms with Gasteiger partial charge in [-0.25, -0.2) is 9.59 Å². The van der Waals surface area contributed by atoms with E-state index in [9.17, 15) is 19.5 Å². The second-order valence-corrected chi connectivity index (χ2v) is 7.89. The quantitative estimate of drug-likeness (QED) is 0.337. The summed E-state index contributed by atoms with van der Waals surface area (Å²) in [6.07, 6.45) is 1.15. The lowest BCUT2D eigenvalue weighted by atomic mass is 9.57. The number of aliphatic hydroxyl groups excluding tert-OH is 1. The number of hydrogen-bond acceptors (Lipinski definition) is 7. The molecule has 27 heavy (non-hydrogen) atoms. The minimum absolute atomic E-state index is 0.0731. The third kappa shape index (κ3) is 2.67. The molecule has 0 aromatic carbocycles. The van der Waals surface area contributed by atoms with Gasteiger partial charge in [-0.15, -0.1) is 0 Å². The summed E-state index contributed by atoms with van der Waals surface area (Å²) in [6.45, 7) is 8.65. The van der Waals surface area contributed by atoms with Crippen molar-refractivity contribution >= 4 is 18.2 Å². The number of cyclic esters (lactones) is 1. The molecule has 3 rings (SSSR count). The van der Waals surface area contributed by atoms with Gasteiger partial charge in [0.05, 0.1) is 17.1 Å². The Kier molecular flexibility index (Phi) is 4.80. The highest BCUT2D eigenvalue weighted by molar-refractivity contribution is 5.95. The molecule has 0 aromatic rings. The van der Waals surface area contributed by atoms with Crippen LogP contribution in [0.3, 0.4) is 0 Å². The molecule has 1 saturated heterocycles. The molecule has 2 fully saturated rings. The van der Waals surface area contributed by atoms with Crippen LogP contribution < -0.4 is 0 Å². The number of aldehydes is 1. The number of aliphatic hydroxyl groups is 1. The van der Waals surface area contributed by atoms with Crippen molar-refractivity contribution in [2.75, 3.05) is 0 Å². The molecule has 1 unspecified atom stereocenters. The number of rotatable bonds is 5. The van der Waals surface area contributed by atoms with Gasteiger partial charge in [0.25, 0.3) is 0 Å². The second-order valence-electron chi connectivity index (χ2n) is 7.89. The fourth-order valence-electron chi connectivity index (χ4n) is 4.39. The molecular weight excluding hydrogens is 352 g/mol. The summed E-state index contributed by atoms with van der Waals surface area (Å²) < 4.78 is 16.5. The van der Waals surface area contributed by atoms with E-state index in [4.69, 9.17) is 14.2 Å². The van der Waals surface area contributed by atoms with Crippen LogP contribution in [0, 0.1) is 11.3 Å². The molecule has 2 aliphatic heterocycles. The number of carbonyl (C=O) groups excluding carboxylic acids is 3. The minimum atomic E-state index is -1.39. The zero-order valence-electron chi connectivity index (χ0n) is 16.3. The van der Waals surface area contributed by atoms with E-state index in [2.05, 4.69) is 0 Å². The third-order valence-electron chi connectivity index (χ3n) is 6.68. The molecule has 6 atom stereocenters. The summed E-state index contributed by atoms with van der Waals surface area (Å²) in [5.41, 5.74) is -1.34. The first-order valence-corrected chi connectivity index (χ1v) is 9.21. The van der Waals surface area contributed by atoms with E-state index in [1.54, 1.807) is 26.8 Å². The van der Waals surface area contributed by atoms with Gasteiger partial charge >= 0.3 is 11.9 Å². The molecule has 0 amide bonds. The minimum Gasteiger partial charge on any atom is -0.453 e. The summed E-state index contributed by atoms with van der Waals surface area (Å²) >= 11 is 0. The third-order valence-corrected chi connectivity index (χ3v) is 6.68. The highest BCUT2D eigenvalue weighted by Crippen LogP contribution is 2.63. The van der Waals surface area contributed by atoms with Gasteiger partial charge in [0.1, 0.15) is 6.10 Å². The summed E-state index contributed by atoms with van der Waals surface area (Å²) in [5.74, 6) is -1.40. The number of esters is 2. The van der Waals surface area contributed by atoms with E-state index in [0.717, 1.165) is 19.1 Å². The maximum atomic E-state index is 12.6. The lowest BCUT2D eigenvalue weighted by Gasteiger charge is -2.46. The molecule has 2 heterocycles. The number of allylic oxidation sites excluding steroid dienone is 1. The Labute approximate surface area is 158 Å². The zero-order chi connectivity index (χ0) is 20.1. The van der Waals surface area contributed by atoms with Crippen molar-refractivity contribution < 1.29 is 33.7 Å². The van der Waals surface area contributed by atoms with Crippen molar-refractivity contribution in [3.63, 3.8) is 0 Å². The highest BCUT2D eigenvalue weighted by atomic mass is 16.6. The molecule has 1 saturated carbocycles. The molecule has 148 valence electrons. The first-order valence-electron chi connectivity index (χ1n) is 9.21. The highest BCUT2D eigenvalue weighted by Gasteiger charge is 2.75. The van der Waals surface area contributed by atoms with E-state index in [1.165, 1.54) is 0 Å². The first-order chi connectivity index (χ1) is 12.6. The Bertz CT molecular complexity index is 751. The largest absolute Gasteiger partial charge is 0.453 e. The average molecular weight is 378 g/mol. The lowest BCUT2D eigenvalue weighted by molar-refractivity contribution is -0.162. The van der Waals surface area contributed by atoms with Crippen molar-refractivity contribution in [2.45, 2.75) is 71.6 Å². The van der Waals surface area contributed by atoms with Crippen molar-refractivity contribution in [1.29, 1.82) is 0 Å². The van der Waals surface area contributed by atoms with Gasteiger partial charge < -0.3 is 19.3 Å². The van der Waals surface area contributed by atoms with Crippen molar-refractivity contribution in [2.24, 2.45) is 11.3 Å². The maximum Gasteiger partial charge on any atom is 0.340 e. The van der Waals surface area contributed by atoms with Gasteiger partial charge in [0.2, 0.25) is 6.29 Å². The topological polar surface area (TPSA) is 102 Å². The molecule has 0 spiro atoms.